The molecule has 2 heterocycles. The number of amides is 1. The number of carbonyl (C=O) groups is 1. The Morgan fingerprint density at radius 2 is 2.04 bits per heavy atom. The molecule has 124 valence electrons. The first-order valence-electron chi connectivity index (χ1n) is 7.54. The average molecular weight is 343 g/mol. The van der Waals surface area contributed by atoms with Crippen molar-refractivity contribution in [2.45, 2.75) is 20.4 Å². The molecule has 0 aliphatic heterocycles. The molecule has 0 fully saturated rings. The predicted octanol–water partition coefficient (Wildman–Crippen LogP) is 2.86. The lowest BCUT2D eigenvalue weighted by molar-refractivity contribution is 0.0950. The van der Waals surface area contributed by atoms with E-state index in [9.17, 15) is 4.79 Å². The van der Waals surface area contributed by atoms with Crippen LogP contribution in [0.5, 0.6) is 0 Å². The Labute approximate surface area is 143 Å². The Bertz CT molecular complexity index is 828. The fourth-order valence-corrected chi connectivity index (χ4v) is 3.04. The summed E-state index contributed by atoms with van der Waals surface area (Å²) in [4.78, 5) is 17.2. The van der Waals surface area contributed by atoms with Crippen LogP contribution in [0.3, 0.4) is 0 Å². The molecular formula is C16H17N5O2S. The molecule has 24 heavy (non-hydrogen) atoms. The fraction of sp³-hybridized carbons (Fsp3) is 0.250. The molecule has 7 nitrogen and oxygen atoms in total. The first-order valence-corrected chi connectivity index (χ1v) is 8.36. The lowest BCUT2D eigenvalue weighted by Crippen LogP contribution is -2.22. The molecule has 2 N–H and O–H groups in total. The molecule has 0 aliphatic rings. The molecule has 0 aliphatic carbocycles. The minimum atomic E-state index is -0.200. The number of thiazole rings is 1. The molecule has 0 unspecified atom stereocenters. The molecule has 0 spiro atoms. The maximum atomic E-state index is 12.3. The van der Waals surface area contributed by atoms with E-state index in [0.717, 1.165) is 17.2 Å². The molecule has 1 amide bonds. The van der Waals surface area contributed by atoms with Gasteiger partial charge in [-0.05, 0) is 26.0 Å². The summed E-state index contributed by atoms with van der Waals surface area (Å²) in [6, 6.07) is 9.49. The number of rotatable bonds is 6. The summed E-state index contributed by atoms with van der Waals surface area (Å²) >= 11 is 1.33. The topological polar surface area (TPSA) is 92.9 Å². The van der Waals surface area contributed by atoms with Gasteiger partial charge in [0.25, 0.3) is 5.91 Å². The quantitative estimate of drug-likeness (QED) is 0.715. The third-order valence-corrected chi connectivity index (χ3v) is 4.33. The Kier molecular flexibility index (Phi) is 4.85. The summed E-state index contributed by atoms with van der Waals surface area (Å²) in [6.07, 6.45) is 0. The highest BCUT2D eigenvalue weighted by Gasteiger charge is 2.16. The zero-order valence-corrected chi connectivity index (χ0v) is 14.2. The van der Waals surface area contributed by atoms with Gasteiger partial charge in [-0.1, -0.05) is 29.5 Å². The van der Waals surface area contributed by atoms with Crippen LogP contribution in [-0.4, -0.2) is 27.6 Å². The molecule has 0 radical (unpaired) electrons. The molecular weight excluding hydrogens is 326 g/mol. The van der Waals surface area contributed by atoms with Gasteiger partial charge in [0, 0.05) is 12.1 Å². The van der Waals surface area contributed by atoms with Crippen LogP contribution in [0.2, 0.25) is 0 Å². The maximum Gasteiger partial charge on any atom is 0.263 e. The standard InChI is InChI=1S/C16H17N5O2S/c1-3-17-16-19-10(2)13(24-16)14(22)18-9-12-20-21-15(23-12)11-7-5-4-6-8-11/h4-8H,3,9H2,1-2H3,(H,17,19)(H,18,22). The van der Waals surface area contributed by atoms with Crippen LogP contribution in [0.4, 0.5) is 5.13 Å². The van der Waals surface area contributed by atoms with E-state index in [-0.39, 0.29) is 12.5 Å². The molecule has 2 aromatic heterocycles. The van der Waals surface area contributed by atoms with Crippen molar-refractivity contribution < 1.29 is 9.21 Å². The van der Waals surface area contributed by atoms with Crippen LogP contribution in [0.1, 0.15) is 28.2 Å². The summed E-state index contributed by atoms with van der Waals surface area (Å²) in [5, 5.41) is 14.6. The van der Waals surface area contributed by atoms with E-state index in [1.165, 1.54) is 11.3 Å². The number of aromatic nitrogens is 3. The Morgan fingerprint density at radius 3 is 2.79 bits per heavy atom. The largest absolute Gasteiger partial charge is 0.419 e. The molecule has 3 aromatic rings. The highest BCUT2D eigenvalue weighted by molar-refractivity contribution is 7.17. The first-order chi connectivity index (χ1) is 11.7. The molecule has 1 aromatic carbocycles. The van der Waals surface area contributed by atoms with E-state index >= 15 is 0 Å². The summed E-state index contributed by atoms with van der Waals surface area (Å²) in [5.41, 5.74) is 1.54. The smallest absolute Gasteiger partial charge is 0.263 e. The summed E-state index contributed by atoms with van der Waals surface area (Å²) in [6.45, 7) is 4.73. The number of hydrogen-bond donors (Lipinski definition) is 2. The van der Waals surface area contributed by atoms with E-state index in [1.807, 2.05) is 44.2 Å². The van der Waals surface area contributed by atoms with Crippen LogP contribution in [-0.2, 0) is 6.54 Å². The van der Waals surface area contributed by atoms with Gasteiger partial charge in [0.05, 0.1) is 12.2 Å². The van der Waals surface area contributed by atoms with Crippen LogP contribution in [0.15, 0.2) is 34.7 Å². The predicted molar refractivity (Wildman–Crippen MR) is 91.9 cm³/mol. The molecule has 8 heteroatoms. The second-order valence-corrected chi connectivity index (χ2v) is 6.01. The highest BCUT2D eigenvalue weighted by Crippen LogP contribution is 2.22. The Hall–Kier alpha value is -2.74. The summed E-state index contributed by atoms with van der Waals surface area (Å²) in [5.74, 6) is 0.591. The highest BCUT2D eigenvalue weighted by atomic mass is 32.1. The van der Waals surface area contributed by atoms with Gasteiger partial charge in [0.2, 0.25) is 11.8 Å². The van der Waals surface area contributed by atoms with E-state index in [0.29, 0.717) is 22.4 Å². The van der Waals surface area contributed by atoms with Gasteiger partial charge < -0.3 is 15.1 Å². The van der Waals surface area contributed by atoms with Gasteiger partial charge in [-0.15, -0.1) is 10.2 Å². The van der Waals surface area contributed by atoms with E-state index in [1.54, 1.807) is 0 Å². The van der Waals surface area contributed by atoms with E-state index in [2.05, 4.69) is 25.8 Å². The minimum Gasteiger partial charge on any atom is -0.419 e. The Balaban J connectivity index is 1.64. The SMILES string of the molecule is CCNc1nc(C)c(C(=O)NCc2nnc(-c3ccccc3)o2)s1. The zero-order valence-electron chi connectivity index (χ0n) is 13.4. The van der Waals surface area contributed by atoms with Gasteiger partial charge in [0.15, 0.2) is 5.13 Å². The first kappa shape index (κ1) is 16.1. The van der Waals surface area contributed by atoms with Crippen molar-refractivity contribution in [2.24, 2.45) is 0 Å². The molecule has 0 saturated heterocycles. The molecule has 0 atom stereocenters. The van der Waals surface area contributed by atoms with Crippen molar-refractivity contribution >= 4 is 22.4 Å². The van der Waals surface area contributed by atoms with Crippen LogP contribution in [0, 0.1) is 6.92 Å². The second kappa shape index (κ2) is 7.22. The van der Waals surface area contributed by atoms with Gasteiger partial charge in [-0.3, -0.25) is 4.79 Å². The number of benzene rings is 1. The van der Waals surface area contributed by atoms with E-state index < -0.39 is 0 Å². The second-order valence-electron chi connectivity index (χ2n) is 5.01. The maximum absolute atomic E-state index is 12.3. The number of nitrogens with zero attached hydrogens (tertiary/aromatic N) is 3. The lowest BCUT2D eigenvalue weighted by Gasteiger charge is -2.00. The molecule has 0 saturated carbocycles. The van der Waals surface area contributed by atoms with Crippen LogP contribution in [0.25, 0.3) is 11.5 Å². The van der Waals surface area contributed by atoms with Gasteiger partial charge >= 0.3 is 0 Å². The third kappa shape index (κ3) is 3.60. The summed E-state index contributed by atoms with van der Waals surface area (Å²) in [7, 11) is 0. The minimum absolute atomic E-state index is 0.173. The van der Waals surface area contributed by atoms with Gasteiger partial charge in [-0.25, -0.2) is 4.98 Å². The average Bonchev–Trinajstić information content (AvgIpc) is 3.21. The monoisotopic (exact) mass is 343 g/mol. The normalized spacial score (nSPS) is 10.6. The fourth-order valence-electron chi connectivity index (χ4n) is 2.09. The Morgan fingerprint density at radius 1 is 1.25 bits per heavy atom. The van der Waals surface area contributed by atoms with Crippen LogP contribution >= 0.6 is 11.3 Å². The lowest BCUT2D eigenvalue weighted by atomic mass is 10.2. The summed E-state index contributed by atoms with van der Waals surface area (Å²) < 4.78 is 5.57. The number of aryl methyl sites for hydroxylation is 1. The number of nitrogens with one attached hydrogen (secondary N) is 2. The zero-order chi connectivity index (χ0) is 16.9. The number of anilines is 1. The van der Waals surface area contributed by atoms with Crippen molar-refractivity contribution in [1.29, 1.82) is 0 Å². The van der Waals surface area contributed by atoms with Gasteiger partial charge in [-0.2, -0.15) is 0 Å². The van der Waals surface area contributed by atoms with E-state index in [4.69, 9.17) is 4.42 Å². The van der Waals surface area contributed by atoms with Gasteiger partial charge in [0.1, 0.15) is 4.88 Å². The van der Waals surface area contributed by atoms with Crippen molar-refractivity contribution in [3.63, 3.8) is 0 Å². The number of hydrogen-bond acceptors (Lipinski definition) is 7. The van der Waals surface area contributed by atoms with Crippen molar-refractivity contribution in [1.82, 2.24) is 20.5 Å². The third-order valence-electron chi connectivity index (χ3n) is 3.22. The molecule has 3 rings (SSSR count). The van der Waals surface area contributed by atoms with Crippen molar-refractivity contribution in [2.75, 3.05) is 11.9 Å². The van der Waals surface area contributed by atoms with Crippen molar-refractivity contribution in [3.8, 4) is 11.5 Å². The van der Waals surface area contributed by atoms with Crippen LogP contribution < -0.4 is 10.6 Å². The van der Waals surface area contributed by atoms with Crippen molar-refractivity contribution in [3.05, 3.63) is 46.8 Å². The number of carbonyl (C=O) groups excluding carboxylic acids is 1. The molecule has 0 bridgehead atoms.